The number of alkyl halides is 1. The maximum absolute atomic E-state index is 15.8. The summed E-state index contributed by atoms with van der Waals surface area (Å²) in [5.74, 6) is 0.830. The molecule has 1 aliphatic rings. The van der Waals surface area contributed by atoms with Gasteiger partial charge in [0.15, 0.2) is 0 Å². The van der Waals surface area contributed by atoms with E-state index in [2.05, 4.69) is 11.6 Å². The van der Waals surface area contributed by atoms with Crippen molar-refractivity contribution in [2.24, 2.45) is 10.7 Å². The third kappa shape index (κ3) is 5.22. The minimum atomic E-state index is -0.538. The van der Waals surface area contributed by atoms with Gasteiger partial charge >= 0.3 is 0 Å². The number of nitrogens with zero attached hydrogens (tertiary/aromatic N) is 1. The van der Waals surface area contributed by atoms with Crippen molar-refractivity contribution in [3.8, 4) is 5.75 Å². The SMILES string of the molecule is C=C(N)/C=N\C(=C/C)c1ccc(C2CCC2)c(CCc2cc(CF)ccc2OC)c1F. The summed E-state index contributed by atoms with van der Waals surface area (Å²) in [6.45, 7) is 4.89. The molecular weight excluding hydrogens is 394 g/mol. The van der Waals surface area contributed by atoms with Gasteiger partial charge in [-0.1, -0.05) is 31.2 Å². The van der Waals surface area contributed by atoms with Gasteiger partial charge in [-0.25, -0.2) is 8.78 Å². The minimum absolute atomic E-state index is 0.252. The number of methoxy groups -OCH3 is 1. The maximum Gasteiger partial charge on any atom is 0.136 e. The van der Waals surface area contributed by atoms with Gasteiger partial charge in [0, 0.05) is 17.5 Å². The van der Waals surface area contributed by atoms with E-state index < -0.39 is 6.67 Å². The average molecular weight is 425 g/mol. The highest BCUT2D eigenvalue weighted by molar-refractivity contribution is 5.83. The highest BCUT2D eigenvalue weighted by Crippen LogP contribution is 2.40. The van der Waals surface area contributed by atoms with Crippen molar-refractivity contribution in [2.75, 3.05) is 7.11 Å². The quantitative estimate of drug-likeness (QED) is 0.483. The molecule has 5 heteroatoms. The van der Waals surface area contributed by atoms with E-state index in [0.717, 1.165) is 24.0 Å². The van der Waals surface area contributed by atoms with Crippen LogP contribution in [0.25, 0.3) is 5.70 Å². The highest BCUT2D eigenvalue weighted by atomic mass is 19.1. The number of aryl methyl sites for hydroxylation is 1. The van der Waals surface area contributed by atoms with Crippen molar-refractivity contribution in [1.29, 1.82) is 0 Å². The van der Waals surface area contributed by atoms with Crippen LogP contribution in [-0.2, 0) is 19.5 Å². The van der Waals surface area contributed by atoms with Crippen molar-refractivity contribution in [3.05, 3.63) is 82.3 Å². The number of aliphatic imine (C=N–C) groups is 1. The van der Waals surface area contributed by atoms with Crippen LogP contribution in [0.2, 0.25) is 0 Å². The molecule has 31 heavy (non-hydrogen) atoms. The first-order valence-electron chi connectivity index (χ1n) is 10.7. The molecule has 1 aliphatic carbocycles. The Hall–Kier alpha value is -2.95. The molecule has 3 rings (SSSR count). The number of benzene rings is 2. The van der Waals surface area contributed by atoms with Crippen LogP contribution in [-0.4, -0.2) is 13.3 Å². The fourth-order valence-corrected chi connectivity index (χ4v) is 4.01. The molecule has 0 saturated heterocycles. The van der Waals surface area contributed by atoms with E-state index in [0.29, 0.717) is 52.6 Å². The lowest BCUT2D eigenvalue weighted by atomic mass is 9.76. The third-order valence-electron chi connectivity index (χ3n) is 5.89. The number of rotatable bonds is 9. The topological polar surface area (TPSA) is 47.6 Å². The first kappa shape index (κ1) is 22.7. The van der Waals surface area contributed by atoms with Gasteiger partial charge in [-0.2, -0.15) is 0 Å². The largest absolute Gasteiger partial charge is 0.496 e. The van der Waals surface area contributed by atoms with E-state index in [4.69, 9.17) is 10.5 Å². The molecule has 0 spiro atoms. The number of halogens is 2. The van der Waals surface area contributed by atoms with Gasteiger partial charge in [-0.05, 0) is 79.0 Å². The van der Waals surface area contributed by atoms with E-state index in [1.54, 1.807) is 31.4 Å². The Morgan fingerprint density at radius 2 is 2.03 bits per heavy atom. The zero-order valence-corrected chi connectivity index (χ0v) is 18.3. The molecule has 0 radical (unpaired) electrons. The Labute approximate surface area is 183 Å². The number of nitrogens with two attached hydrogens (primary N) is 1. The van der Waals surface area contributed by atoms with E-state index in [1.165, 1.54) is 12.6 Å². The van der Waals surface area contributed by atoms with Gasteiger partial charge in [0.05, 0.1) is 12.8 Å². The summed E-state index contributed by atoms with van der Waals surface area (Å²) >= 11 is 0. The molecule has 0 unspecified atom stereocenters. The second kappa shape index (κ2) is 10.4. The lowest BCUT2D eigenvalue weighted by Gasteiger charge is -2.29. The van der Waals surface area contributed by atoms with Crippen molar-refractivity contribution < 1.29 is 13.5 Å². The van der Waals surface area contributed by atoms with Gasteiger partial charge < -0.3 is 10.5 Å². The molecular formula is C26H30F2N2O. The Kier molecular flexibility index (Phi) is 7.61. The summed E-state index contributed by atoms with van der Waals surface area (Å²) in [6, 6.07) is 9.13. The summed E-state index contributed by atoms with van der Waals surface area (Å²) in [4.78, 5) is 4.30. The van der Waals surface area contributed by atoms with Gasteiger partial charge in [-0.3, -0.25) is 4.99 Å². The summed E-state index contributed by atoms with van der Waals surface area (Å²) in [5, 5.41) is 0. The molecule has 0 heterocycles. The lowest BCUT2D eigenvalue weighted by Crippen LogP contribution is -2.14. The molecule has 0 aromatic heterocycles. The van der Waals surface area contributed by atoms with Gasteiger partial charge in [0.25, 0.3) is 0 Å². The standard InChI is InChI=1S/C26H30F2N2O/c1-4-24(30-16-17(2)29)23-12-11-21(19-6-5-7-19)22(26(23)28)10-9-20-14-18(15-27)8-13-25(20)31-3/h4,8,11-14,16,19H,2,5-7,9-10,15,29H2,1,3H3/b24-4-,30-16-. The Morgan fingerprint density at radius 1 is 1.26 bits per heavy atom. The van der Waals surface area contributed by atoms with Crippen LogP contribution < -0.4 is 10.5 Å². The minimum Gasteiger partial charge on any atom is -0.496 e. The second-order valence-electron chi connectivity index (χ2n) is 7.91. The third-order valence-corrected chi connectivity index (χ3v) is 5.89. The van der Waals surface area contributed by atoms with Crippen LogP contribution in [0.3, 0.4) is 0 Å². The maximum atomic E-state index is 15.8. The highest BCUT2D eigenvalue weighted by Gasteiger charge is 2.25. The van der Waals surface area contributed by atoms with Crippen molar-refractivity contribution in [3.63, 3.8) is 0 Å². The fraction of sp³-hybridized carbons (Fsp3) is 0.346. The molecule has 0 amide bonds. The number of hydrogen-bond acceptors (Lipinski definition) is 3. The molecule has 0 atom stereocenters. The van der Waals surface area contributed by atoms with Crippen LogP contribution in [0.15, 0.2) is 53.7 Å². The molecule has 3 nitrogen and oxygen atoms in total. The number of allylic oxidation sites excluding steroid dienone is 2. The lowest BCUT2D eigenvalue weighted by molar-refractivity contribution is 0.407. The first-order chi connectivity index (χ1) is 15.0. The predicted octanol–water partition coefficient (Wildman–Crippen LogP) is 6.26. The van der Waals surface area contributed by atoms with E-state index in [-0.39, 0.29) is 5.82 Å². The van der Waals surface area contributed by atoms with Crippen molar-refractivity contribution in [1.82, 2.24) is 0 Å². The predicted molar refractivity (Wildman–Crippen MR) is 124 cm³/mol. The number of ether oxygens (including phenoxy) is 1. The van der Waals surface area contributed by atoms with E-state index in [1.807, 2.05) is 19.1 Å². The molecule has 2 aromatic rings. The van der Waals surface area contributed by atoms with Gasteiger partial charge in [0.2, 0.25) is 0 Å². The molecule has 2 N–H and O–H groups in total. The van der Waals surface area contributed by atoms with Crippen molar-refractivity contribution >= 4 is 11.9 Å². The zero-order chi connectivity index (χ0) is 22.4. The molecule has 0 bridgehead atoms. The molecule has 0 aliphatic heterocycles. The second-order valence-corrected chi connectivity index (χ2v) is 7.91. The van der Waals surface area contributed by atoms with Crippen LogP contribution in [0, 0.1) is 5.82 Å². The Bertz CT molecular complexity index is 1010. The van der Waals surface area contributed by atoms with E-state index in [9.17, 15) is 4.39 Å². The summed E-state index contributed by atoms with van der Waals surface area (Å²) in [5.41, 5.74) is 10.1. The summed E-state index contributed by atoms with van der Waals surface area (Å²) in [6.07, 6.45) is 7.58. The number of hydrogen-bond donors (Lipinski definition) is 1. The van der Waals surface area contributed by atoms with Crippen LogP contribution >= 0.6 is 0 Å². The Morgan fingerprint density at radius 3 is 2.61 bits per heavy atom. The van der Waals surface area contributed by atoms with Gasteiger partial charge in [0.1, 0.15) is 18.2 Å². The summed E-state index contributed by atoms with van der Waals surface area (Å²) < 4.78 is 34.4. The van der Waals surface area contributed by atoms with Crippen LogP contribution in [0.5, 0.6) is 5.75 Å². The fourth-order valence-electron chi connectivity index (χ4n) is 4.01. The van der Waals surface area contributed by atoms with Crippen LogP contribution in [0.4, 0.5) is 8.78 Å². The first-order valence-corrected chi connectivity index (χ1v) is 10.7. The molecule has 164 valence electrons. The smallest absolute Gasteiger partial charge is 0.136 e. The Balaban J connectivity index is 1.98. The van der Waals surface area contributed by atoms with Crippen molar-refractivity contribution in [2.45, 2.75) is 51.6 Å². The van der Waals surface area contributed by atoms with Crippen LogP contribution in [0.1, 0.15) is 59.9 Å². The zero-order valence-electron chi connectivity index (χ0n) is 18.3. The van der Waals surface area contributed by atoms with Gasteiger partial charge in [-0.15, -0.1) is 0 Å². The molecule has 1 saturated carbocycles. The monoisotopic (exact) mass is 424 g/mol. The molecule has 1 fully saturated rings. The van der Waals surface area contributed by atoms with E-state index >= 15 is 4.39 Å². The molecule has 2 aromatic carbocycles. The average Bonchev–Trinajstić information content (AvgIpc) is 2.73. The summed E-state index contributed by atoms with van der Waals surface area (Å²) in [7, 11) is 1.59. The normalized spacial score (nSPS) is 14.6.